The molecule has 0 unspecified atom stereocenters. The Labute approximate surface area is 249 Å². The van der Waals surface area contributed by atoms with Gasteiger partial charge in [-0.25, -0.2) is 4.99 Å². The smallest absolute Gasteiger partial charge is 0.215 e. The van der Waals surface area contributed by atoms with E-state index in [2.05, 4.69) is 72.1 Å². The summed E-state index contributed by atoms with van der Waals surface area (Å²) in [5.74, 6) is 2.33. The van der Waals surface area contributed by atoms with E-state index in [1.54, 1.807) is 11.3 Å². The Morgan fingerprint density at radius 3 is 2.78 bits per heavy atom. The molecule has 4 heterocycles. The molecule has 41 heavy (non-hydrogen) atoms. The van der Waals surface area contributed by atoms with Crippen molar-refractivity contribution >= 4 is 40.2 Å². The first-order chi connectivity index (χ1) is 19.9. The van der Waals surface area contributed by atoms with Crippen molar-refractivity contribution in [2.24, 2.45) is 16.8 Å². The van der Waals surface area contributed by atoms with Crippen LogP contribution in [0.3, 0.4) is 0 Å². The lowest BCUT2D eigenvalue weighted by molar-refractivity contribution is 0.226. The minimum absolute atomic E-state index is 0.0809. The number of allylic oxidation sites excluding steroid dienone is 3. The molecule has 1 N–H and O–H groups in total. The van der Waals surface area contributed by atoms with Crippen LogP contribution in [-0.2, 0) is 6.42 Å². The molecule has 220 valence electrons. The fourth-order valence-electron chi connectivity index (χ4n) is 6.25. The van der Waals surface area contributed by atoms with Gasteiger partial charge in [-0.1, -0.05) is 26.8 Å². The number of aryl methyl sites for hydroxylation is 1. The second-order valence-electron chi connectivity index (χ2n) is 12.4. The largest absolute Gasteiger partial charge is 0.379 e. The van der Waals surface area contributed by atoms with Crippen LogP contribution >= 0.6 is 11.3 Å². The maximum Gasteiger partial charge on any atom is 0.215 e. The van der Waals surface area contributed by atoms with Crippen molar-refractivity contribution in [1.82, 2.24) is 14.2 Å². The summed E-state index contributed by atoms with van der Waals surface area (Å²) in [6.45, 7) is 14.1. The molecule has 1 saturated heterocycles. The molecule has 0 atom stereocenters. The Bertz CT molecular complexity index is 1460. The number of nitrogens with zero attached hydrogens (tertiary/aromatic N) is 4. The summed E-state index contributed by atoms with van der Waals surface area (Å²) in [4.78, 5) is 26.4. The first-order valence-electron chi connectivity index (χ1n) is 15.6. The number of pyridine rings is 1. The van der Waals surface area contributed by atoms with Gasteiger partial charge in [0.15, 0.2) is 0 Å². The Balaban J connectivity index is 1.57. The van der Waals surface area contributed by atoms with Gasteiger partial charge in [-0.05, 0) is 102 Å². The number of nitrogens with one attached hydrogen (secondary N) is 1. The Morgan fingerprint density at radius 2 is 2.02 bits per heavy atom. The van der Waals surface area contributed by atoms with E-state index in [0.717, 1.165) is 109 Å². The van der Waals surface area contributed by atoms with Crippen LogP contribution in [0.25, 0.3) is 17.0 Å². The normalized spacial score (nSPS) is 20.1. The van der Waals surface area contributed by atoms with Crippen LogP contribution in [0.1, 0.15) is 88.0 Å². The highest BCUT2D eigenvalue weighted by atomic mass is 32.1. The van der Waals surface area contributed by atoms with Crippen molar-refractivity contribution in [1.29, 1.82) is 0 Å². The minimum Gasteiger partial charge on any atom is -0.379 e. The van der Waals surface area contributed by atoms with Gasteiger partial charge < -0.3 is 19.5 Å². The van der Waals surface area contributed by atoms with Crippen molar-refractivity contribution in [3.63, 3.8) is 0 Å². The maximum atomic E-state index is 14.3. The molecule has 0 saturated carbocycles. The van der Waals surface area contributed by atoms with Crippen LogP contribution in [-0.4, -0.2) is 60.2 Å². The zero-order chi connectivity index (χ0) is 28.9. The van der Waals surface area contributed by atoms with Crippen LogP contribution < -0.4 is 10.7 Å². The number of anilines is 1. The highest BCUT2D eigenvalue weighted by Gasteiger charge is 2.25. The summed E-state index contributed by atoms with van der Waals surface area (Å²) in [6, 6.07) is 0. The lowest BCUT2D eigenvalue weighted by Gasteiger charge is -2.29. The van der Waals surface area contributed by atoms with Gasteiger partial charge in [-0.3, -0.25) is 4.79 Å². The van der Waals surface area contributed by atoms with Crippen molar-refractivity contribution < 1.29 is 0 Å². The third-order valence-corrected chi connectivity index (χ3v) is 9.82. The van der Waals surface area contributed by atoms with Gasteiger partial charge >= 0.3 is 0 Å². The zero-order valence-corrected chi connectivity index (χ0v) is 26.4. The number of rotatable bonds is 10. The van der Waals surface area contributed by atoms with E-state index in [9.17, 15) is 4.79 Å². The lowest BCUT2D eigenvalue weighted by Crippen LogP contribution is -2.33. The van der Waals surface area contributed by atoms with Gasteiger partial charge in [0.25, 0.3) is 0 Å². The fourth-order valence-corrected chi connectivity index (χ4v) is 7.42. The standard InChI is InChI=1S/C34H47N5OS/c1-6-18-38(19-10-11-24(2)3)33-25(4)14-15-28-27(23-36-33)32(40)31(35-22-26-16-20-37(5)21-17-26)34-39(28)29-12-8-7-9-13-30(29)41-34/h7,9,12-13,23-24,26,35H,6,10-11,14-22H2,1-5H3/b33-25-,36-23-. The Kier molecular flexibility index (Phi) is 9.69. The molecule has 0 bridgehead atoms. The number of thiazole rings is 1. The fraction of sp³-hybridized carbons (Fsp3) is 0.559. The average Bonchev–Trinajstić information content (AvgIpc) is 3.13. The SMILES string of the molecule is CCCN(CCCC(C)C)C1=C(/C)CCc2c(c(=O)c(NCC3CCN(C)CC3)c3sc4c(n23)C=C=CC=C4)/C=N\1. The number of piperidine rings is 1. The molecule has 6 nitrogen and oxygen atoms in total. The highest BCUT2D eigenvalue weighted by Crippen LogP contribution is 2.34. The predicted octanol–water partition coefficient (Wildman–Crippen LogP) is 7.05. The third kappa shape index (κ3) is 6.63. The molecule has 0 spiro atoms. The summed E-state index contributed by atoms with van der Waals surface area (Å²) in [5.41, 5.74) is 8.30. The maximum absolute atomic E-state index is 14.3. The van der Waals surface area contributed by atoms with Gasteiger partial charge in [0, 0.05) is 37.6 Å². The molecule has 5 rings (SSSR count). The Morgan fingerprint density at radius 1 is 1.22 bits per heavy atom. The molecule has 2 aromatic rings. The van der Waals surface area contributed by atoms with Crippen LogP contribution in [0.5, 0.6) is 0 Å². The number of hydrogen-bond donors (Lipinski definition) is 1. The monoisotopic (exact) mass is 573 g/mol. The van der Waals surface area contributed by atoms with E-state index < -0.39 is 0 Å². The molecule has 1 fully saturated rings. The summed E-state index contributed by atoms with van der Waals surface area (Å²) < 4.78 is 2.32. The number of likely N-dealkylation sites (tertiary alicyclic amines) is 1. The predicted molar refractivity (Wildman–Crippen MR) is 176 cm³/mol. The molecule has 0 amide bonds. The summed E-state index contributed by atoms with van der Waals surface area (Å²) >= 11 is 1.70. The van der Waals surface area contributed by atoms with E-state index >= 15 is 0 Å². The number of fused-ring (bicyclic) bond motifs is 5. The first kappa shape index (κ1) is 29.6. The molecule has 3 aliphatic rings. The van der Waals surface area contributed by atoms with Crippen LogP contribution in [0.15, 0.2) is 39.1 Å². The highest BCUT2D eigenvalue weighted by molar-refractivity contribution is 7.19. The van der Waals surface area contributed by atoms with E-state index in [4.69, 9.17) is 4.99 Å². The van der Waals surface area contributed by atoms with Crippen molar-refractivity contribution in [2.75, 3.05) is 45.1 Å². The molecular formula is C34H47N5OS. The van der Waals surface area contributed by atoms with Crippen LogP contribution in [0.4, 0.5) is 5.69 Å². The van der Waals surface area contributed by atoms with Gasteiger partial charge in [0.1, 0.15) is 16.3 Å². The third-order valence-electron chi connectivity index (χ3n) is 8.67. The average molecular weight is 574 g/mol. The van der Waals surface area contributed by atoms with Gasteiger partial charge in [-0.2, -0.15) is 0 Å². The number of aromatic nitrogens is 1. The van der Waals surface area contributed by atoms with E-state index in [-0.39, 0.29) is 5.43 Å². The quantitative estimate of drug-likeness (QED) is 0.309. The second kappa shape index (κ2) is 13.4. The molecule has 7 heteroatoms. The van der Waals surface area contributed by atoms with Crippen molar-refractivity contribution in [3.05, 3.63) is 61.3 Å². The molecule has 0 aromatic carbocycles. The van der Waals surface area contributed by atoms with Crippen LogP contribution in [0.2, 0.25) is 0 Å². The van der Waals surface area contributed by atoms with Crippen LogP contribution in [0, 0.1) is 11.8 Å². The van der Waals surface area contributed by atoms with E-state index in [1.165, 1.54) is 12.0 Å². The molecular weight excluding hydrogens is 526 g/mol. The summed E-state index contributed by atoms with van der Waals surface area (Å²) in [7, 11) is 2.19. The molecule has 2 aliphatic heterocycles. The minimum atomic E-state index is 0.0809. The lowest BCUT2D eigenvalue weighted by atomic mass is 9.97. The molecule has 1 aliphatic carbocycles. The zero-order valence-electron chi connectivity index (χ0n) is 25.6. The summed E-state index contributed by atoms with van der Waals surface area (Å²) in [6.07, 6.45) is 17.5. The Hall–Kier alpha value is -2.86. The van der Waals surface area contributed by atoms with E-state index in [1.807, 2.05) is 18.4 Å². The van der Waals surface area contributed by atoms with Gasteiger partial charge in [0.2, 0.25) is 5.43 Å². The van der Waals surface area contributed by atoms with E-state index in [0.29, 0.717) is 11.8 Å². The number of hydrogen-bond acceptors (Lipinski definition) is 6. The van der Waals surface area contributed by atoms with Gasteiger partial charge in [-0.15, -0.1) is 17.1 Å². The first-order valence-corrected chi connectivity index (χ1v) is 16.4. The van der Waals surface area contributed by atoms with Gasteiger partial charge in [0.05, 0.1) is 16.1 Å². The molecule has 2 aromatic heterocycles. The number of aliphatic imine (C=N–C) groups is 1. The van der Waals surface area contributed by atoms with Crippen molar-refractivity contribution in [2.45, 2.75) is 72.6 Å². The topological polar surface area (TPSA) is 52.4 Å². The summed E-state index contributed by atoms with van der Waals surface area (Å²) in [5, 5.41) is 3.66. The second-order valence-corrected chi connectivity index (χ2v) is 13.4. The molecule has 0 radical (unpaired) electrons. The van der Waals surface area contributed by atoms with Crippen molar-refractivity contribution in [3.8, 4) is 0 Å².